The zero-order chi connectivity index (χ0) is 16.9. The van der Waals surface area contributed by atoms with E-state index < -0.39 is 0 Å². The van der Waals surface area contributed by atoms with E-state index in [1.807, 2.05) is 12.1 Å². The number of amides is 1. The standard InChI is InChI=1S/C18H15ClN2O3/c1-23-16-4-2-3-13(9-16)18(22)20-11-15-10-17(24-21-15)12-5-7-14(19)8-6-12/h2-10H,11H2,1H3,(H,20,22). The van der Waals surface area contributed by atoms with Crippen molar-refractivity contribution in [1.29, 1.82) is 0 Å². The van der Waals surface area contributed by atoms with Crippen LogP contribution < -0.4 is 10.1 Å². The van der Waals surface area contributed by atoms with Crippen LogP contribution >= 0.6 is 11.6 Å². The van der Waals surface area contributed by atoms with Crippen LogP contribution in [0.1, 0.15) is 16.1 Å². The molecule has 0 atom stereocenters. The first-order valence-corrected chi connectivity index (χ1v) is 7.67. The number of aromatic nitrogens is 1. The maximum Gasteiger partial charge on any atom is 0.251 e. The Hall–Kier alpha value is -2.79. The molecule has 0 saturated heterocycles. The maximum atomic E-state index is 12.2. The van der Waals surface area contributed by atoms with E-state index in [0.717, 1.165) is 5.56 Å². The molecule has 1 N–H and O–H groups in total. The number of benzene rings is 2. The van der Waals surface area contributed by atoms with Gasteiger partial charge in [-0.05, 0) is 42.5 Å². The smallest absolute Gasteiger partial charge is 0.251 e. The molecule has 1 aromatic heterocycles. The SMILES string of the molecule is COc1cccc(C(=O)NCc2cc(-c3ccc(Cl)cc3)on2)c1. The molecule has 0 aliphatic rings. The monoisotopic (exact) mass is 342 g/mol. The summed E-state index contributed by atoms with van der Waals surface area (Å²) in [5.74, 6) is 1.05. The van der Waals surface area contributed by atoms with Crippen LogP contribution in [0.2, 0.25) is 5.02 Å². The van der Waals surface area contributed by atoms with E-state index in [9.17, 15) is 4.79 Å². The van der Waals surface area contributed by atoms with Gasteiger partial charge in [0.15, 0.2) is 5.76 Å². The molecule has 3 aromatic rings. The first kappa shape index (κ1) is 16.1. The Balaban J connectivity index is 1.64. The Morgan fingerprint density at radius 1 is 1.21 bits per heavy atom. The van der Waals surface area contributed by atoms with E-state index in [4.69, 9.17) is 20.9 Å². The van der Waals surface area contributed by atoms with Crippen molar-refractivity contribution < 1.29 is 14.1 Å². The number of nitrogens with zero attached hydrogens (tertiary/aromatic N) is 1. The van der Waals surface area contributed by atoms with Gasteiger partial charge in [-0.25, -0.2) is 0 Å². The van der Waals surface area contributed by atoms with Gasteiger partial charge in [-0.15, -0.1) is 0 Å². The summed E-state index contributed by atoms with van der Waals surface area (Å²) in [5, 5.41) is 7.43. The van der Waals surface area contributed by atoms with E-state index >= 15 is 0 Å². The predicted molar refractivity (Wildman–Crippen MR) is 91.1 cm³/mol. The van der Waals surface area contributed by atoms with Crippen LogP contribution in [0.15, 0.2) is 59.1 Å². The van der Waals surface area contributed by atoms with E-state index in [1.165, 1.54) is 0 Å². The minimum absolute atomic E-state index is 0.204. The molecular formula is C18H15ClN2O3. The van der Waals surface area contributed by atoms with E-state index in [1.54, 1.807) is 49.6 Å². The third-order valence-corrected chi connectivity index (χ3v) is 3.70. The van der Waals surface area contributed by atoms with Crippen LogP contribution in [-0.4, -0.2) is 18.2 Å². The quantitative estimate of drug-likeness (QED) is 0.763. The van der Waals surface area contributed by atoms with Crippen LogP contribution in [0, 0.1) is 0 Å². The molecule has 0 saturated carbocycles. The van der Waals surface area contributed by atoms with Crippen LogP contribution in [0.5, 0.6) is 5.75 Å². The molecule has 0 fully saturated rings. The van der Waals surface area contributed by atoms with Gasteiger partial charge in [0.05, 0.1) is 13.7 Å². The fraction of sp³-hybridized carbons (Fsp3) is 0.111. The average Bonchev–Trinajstić information content (AvgIpc) is 3.09. The highest BCUT2D eigenvalue weighted by atomic mass is 35.5. The minimum Gasteiger partial charge on any atom is -0.497 e. The third kappa shape index (κ3) is 3.75. The molecule has 2 aromatic carbocycles. The molecule has 24 heavy (non-hydrogen) atoms. The van der Waals surface area contributed by atoms with Gasteiger partial charge in [0.25, 0.3) is 5.91 Å². The summed E-state index contributed by atoms with van der Waals surface area (Å²) in [4.78, 5) is 12.2. The van der Waals surface area contributed by atoms with Gasteiger partial charge in [-0.2, -0.15) is 0 Å². The topological polar surface area (TPSA) is 64.4 Å². The second-order valence-electron chi connectivity index (χ2n) is 5.10. The Morgan fingerprint density at radius 2 is 2.00 bits per heavy atom. The lowest BCUT2D eigenvalue weighted by Gasteiger charge is -2.04. The maximum absolute atomic E-state index is 12.2. The molecule has 0 unspecified atom stereocenters. The number of hydrogen-bond acceptors (Lipinski definition) is 4. The fourth-order valence-electron chi connectivity index (χ4n) is 2.18. The van der Waals surface area contributed by atoms with Gasteiger partial charge in [0, 0.05) is 22.2 Å². The highest BCUT2D eigenvalue weighted by Crippen LogP contribution is 2.22. The van der Waals surface area contributed by atoms with Crippen LogP contribution in [0.3, 0.4) is 0 Å². The molecule has 0 aliphatic carbocycles. The van der Waals surface area contributed by atoms with Gasteiger partial charge in [-0.3, -0.25) is 4.79 Å². The first-order valence-electron chi connectivity index (χ1n) is 7.29. The summed E-state index contributed by atoms with van der Waals surface area (Å²) < 4.78 is 10.4. The molecule has 3 rings (SSSR count). The summed E-state index contributed by atoms with van der Waals surface area (Å²) in [6.45, 7) is 0.271. The van der Waals surface area contributed by atoms with Gasteiger partial charge in [0.2, 0.25) is 0 Å². The Morgan fingerprint density at radius 3 is 2.75 bits per heavy atom. The first-order chi connectivity index (χ1) is 11.7. The summed E-state index contributed by atoms with van der Waals surface area (Å²) in [6.07, 6.45) is 0. The van der Waals surface area contributed by atoms with Gasteiger partial charge in [0.1, 0.15) is 11.4 Å². The Bertz CT molecular complexity index is 843. The number of carbonyl (C=O) groups is 1. The van der Waals surface area contributed by atoms with Crippen molar-refractivity contribution >= 4 is 17.5 Å². The number of ether oxygens (including phenoxy) is 1. The molecule has 5 nitrogen and oxygen atoms in total. The summed E-state index contributed by atoms with van der Waals surface area (Å²) in [6, 6.07) is 16.0. The minimum atomic E-state index is -0.204. The normalized spacial score (nSPS) is 10.4. The van der Waals surface area contributed by atoms with E-state index in [2.05, 4.69) is 10.5 Å². The molecule has 0 spiro atoms. The molecule has 1 heterocycles. The van der Waals surface area contributed by atoms with Crippen molar-refractivity contribution in [1.82, 2.24) is 10.5 Å². The fourth-order valence-corrected chi connectivity index (χ4v) is 2.31. The van der Waals surface area contributed by atoms with Gasteiger partial charge >= 0.3 is 0 Å². The Labute approximate surface area is 144 Å². The van der Waals surface area contributed by atoms with Gasteiger partial charge < -0.3 is 14.6 Å². The zero-order valence-corrected chi connectivity index (χ0v) is 13.7. The molecule has 0 radical (unpaired) electrons. The van der Waals surface area contributed by atoms with Crippen molar-refractivity contribution in [2.24, 2.45) is 0 Å². The number of hydrogen-bond donors (Lipinski definition) is 1. The molecule has 0 aliphatic heterocycles. The van der Waals surface area contributed by atoms with E-state index in [0.29, 0.717) is 27.8 Å². The van der Waals surface area contributed by atoms with Crippen LogP contribution in [0.25, 0.3) is 11.3 Å². The second kappa shape index (κ2) is 7.19. The summed E-state index contributed by atoms with van der Waals surface area (Å²) in [7, 11) is 1.56. The van der Waals surface area contributed by atoms with Gasteiger partial charge in [-0.1, -0.05) is 22.8 Å². The van der Waals surface area contributed by atoms with Crippen molar-refractivity contribution in [3.05, 3.63) is 70.9 Å². The average molecular weight is 343 g/mol. The largest absolute Gasteiger partial charge is 0.497 e. The highest BCUT2D eigenvalue weighted by molar-refractivity contribution is 6.30. The Kier molecular flexibility index (Phi) is 4.82. The van der Waals surface area contributed by atoms with Crippen molar-refractivity contribution in [2.45, 2.75) is 6.54 Å². The lowest BCUT2D eigenvalue weighted by Crippen LogP contribution is -2.22. The molecule has 1 amide bonds. The number of nitrogens with one attached hydrogen (secondary N) is 1. The molecule has 6 heteroatoms. The predicted octanol–water partition coefficient (Wildman–Crippen LogP) is 3.93. The zero-order valence-electron chi connectivity index (χ0n) is 13.0. The number of carbonyl (C=O) groups excluding carboxylic acids is 1. The number of halogens is 1. The third-order valence-electron chi connectivity index (χ3n) is 3.45. The van der Waals surface area contributed by atoms with Crippen molar-refractivity contribution in [3.63, 3.8) is 0 Å². The van der Waals surface area contributed by atoms with Crippen LogP contribution in [0.4, 0.5) is 0 Å². The molecular weight excluding hydrogens is 328 g/mol. The lowest BCUT2D eigenvalue weighted by molar-refractivity contribution is 0.0949. The summed E-state index contributed by atoms with van der Waals surface area (Å²) in [5.41, 5.74) is 2.03. The lowest BCUT2D eigenvalue weighted by atomic mass is 10.1. The molecule has 0 bridgehead atoms. The van der Waals surface area contributed by atoms with Crippen LogP contribution in [-0.2, 0) is 6.54 Å². The molecule has 122 valence electrons. The second-order valence-corrected chi connectivity index (χ2v) is 5.54. The van der Waals surface area contributed by atoms with Crippen molar-refractivity contribution in [3.8, 4) is 17.1 Å². The summed E-state index contributed by atoms with van der Waals surface area (Å²) >= 11 is 5.87. The number of rotatable bonds is 5. The van der Waals surface area contributed by atoms with E-state index in [-0.39, 0.29) is 12.5 Å². The highest BCUT2D eigenvalue weighted by Gasteiger charge is 2.10. The van der Waals surface area contributed by atoms with Crippen molar-refractivity contribution in [2.75, 3.05) is 7.11 Å². The number of methoxy groups -OCH3 is 1.